The van der Waals surface area contributed by atoms with Crippen molar-refractivity contribution in [1.29, 1.82) is 0 Å². The lowest BCUT2D eigenvalue weighted by molar-refractivity contribution is 0.113. The number of ether oxygens (including phenoxy) is 1. The molecule has 0 saturated carbocycles. The smallest absolute Gasteiger partial charge is 0.0964 e. The fourth-order valence-corrected chi connectivity index (χ4v) is 3.39. The van der Waals surface area contributed by atoms with Crippen LogP contribution < -0.4 is 4.31 Å². The number of hydrogen-bond donors (Lipinski definition) is 1. The molecule has 140 valence electrons. The molecule has 0 amide bonds. The first-order valence-corrected chi connectivity index (χ1v) is 9.52. The summed E-state index contributed by atoms with van der Waals surface area (Å²) in [4.78, 5) is 3.26. The van der Waals surface area contributed by atoms with Crippen LogP contribution in [0.5, 0.6) is 0 Å². The van der Waals surface area contributed by atoms with Crippen molar-refractivity contribution in [3.05, 3.63) is 72.4 Å². The summed E-state index contributed by atoms with van der Waals surface area (Å²) in [5.41, 5.74) is 2.01. The predicted octanol–water partition coefficient (Wildman–Crippen LogP) is 4.35. The summed E-state index contributed by atoms with van der Waals surface area (Å²) in [7, 11) is 3.73. The molecule has 0 fully saturated rings. The lowest BCUT2D eigenvalue weighted by Crippen LogP contribution is -2.27. The predicted molar refractivity (Wildman–Crippen MR) is 110 cm³/mol. The molecule has 0 aliphatic heterocycles. The SMILES string of the molecule is C/C=C\N(CCOC)CC(O)c1ccc(N(C)Sc2ccccc2)cc1. The maximum Gasteiger partial charge on any atom is 0.0964 e. The summed E-state index contributed by atoms with van der Waals surface area (Å²) in [5, 5.41) is 10.5. The van der Waals surface area contributed by atoms with Gasteiger partial charge in [0.2, 0.25) is 0 Å². The largest absolute Gasteiger partial charge is 0.387 e. The molecule has 0 radical (unpaired) electrons. The van der Waals surface area contributed by atoms with Gasteiger partial charge in [0, 0.05) is 37.8 Å². The minimum atomic E-state index is -0.538. The topological polar surface area (TPSA) is 35.9 Å². The highest BCUT2D eigenvalue weighted by atomic mass is 32.2. The number of aliphatic hydroxyl groups excluding tert-OH is 1. The molecular weight excluding hydrogens is 344 g/mol. The molecule has 4 nitrogen and oxygen atoms in total. The Balaban J connectivity index is 1.96. The molecule has 1 N–H and O–H groups in total. The van der Waals surface area contributed by atoms with E-state index in [-0.39, 0.29) is 0 Å². The second kappa shape index (κ2) is 10.9. The molecule has 26 heavy (non-hydrogen) atoms. The molecule has 2 aromatic carbocycles. The summed E-state index contributed by atoms with van der Waals surface area (Å²) in [6.45, 7) is 3.91. The molecule has 0 saturated heterocycles. The van der Waals surface area contributed by atoms with Gasteiger partial charge in [0.05, 0.1) is 12.7 Å². The molecule has 1 unspecified atom stereocenters. The minimum absolute atomic E-state index is 0.538. The van der Waals surface area contributed by atoms with Crippen LogP contribution in [0, 0.1) is 0 Å². The van der Waals surface area contributed by atoms with E-state index in [1.165, 1.54) is 4.90 Å². The summed E-state index contributed by atoms with van der Waals surface area (Å²) in [6, 6.07) is 18.4. The van der Waals surface area contributed by atoms with Gasteiger partial charge in [0.1, 0.15) is 0 Å². The average Bonchev–Trinajstić information content (AvgIpc) is 2.67. The van der Waals surface area contributed by atoms with Crippen LogP contribution in [-0.2, 0) is 4.74 Å². The normalized spacial score (nSPS) is 12.3. The molecular formula is C21H28N2O2S. The Morgan fingerprint density at radius 3 is 2.42 bits per heavy atom. The fourth-order valence-electron chi connectivity index (χ4n) is 2.57. The number of hydrogen-bond acceptors (Lipinski definition) is 5. The van der Waals surface area contributed by atoms with Crippen molar-refractivity contribution < 1.29 is 9.84 Å². The summed E-state index contributed by atoms with van der Waals surface area (Å²) in [6.07, 6.45) is 3.42. The maximum absolute atomic E-state index is 10.5. The van der Waals surface area contributed by atoms with Crippen molar-refractivity contribution in [1.82, 2.24) is 4.90 Å². The first-order valence-electron chi connectivity index (χ1n) is 8.74. The first-order chi connectivity index (χ1) is 12.6. The van der Waals surface area contributed by atoms with Gasteiger partial charge < -0.3 is 19.0 Å². The van der Waals surface area contributed by atoms with Crippen molar-refractivity contribution in [2.24, 2.45) is 0 Å². The van der Waals surface area contributed by atoms with Crippen LogP contribution in [0.1, 0.15) is 18.6 Å². The lowest BCUT2D eigenvalue weighted by atomic mass is 10.1. The van der Waals surface area contributed by atoms with Crippen molar-refractivity contribution in [3.63, 3.8) is 0 Å². The van der Waals surface area contributed by atoms with Crippen LogP contribution >= 0.6 is 11.9 Å². The van der Waals surface area contributed by atoms with Gasteiger partial charge in [-0.15, -0.1) is 0 Å². The third-order valence-corrected chi connectivity index (χ3v) is 4.94. The Morgan fingerprint density at radius 2 is 1.81 bits per heavy atom. The number of nitrogens with zero attached hydrogens (tertiary/aromatic N) is 2. The van der Waals surface area contributed by atoms with Crippen LogP contribution in [0.4, 0.5) is 5.69 Å². The Bertz CT molecular complexity index is 661. The molecule has 0 aliphatic rings. The molecule has 0 heterocycles. The van der Waals surface area contributed by atoms with E-state index >= 15 is 0 Å². The van der Waals surface area contributed by atoms with E-state index in [1.54, 1.807) is 19.1 Å². The van der Waals surface area contributed by atoms with Gasteiger partial charge in [0.15, 0.2) is 0 Å². The van der Waals surface area contributed by atoms with E-state index < -0.39 is 6.10 Å². The minimum Gasteiger partial charge on any atom is -0.387 e. The first kappa shape index (κ1) is 20.4. The average molecular weight is 373 g/mol. The van der Waals surface area contributed by atoms with E-state index in [1.807, 2.05) is 68.7 Å². The van der Waals surface area contributed by atoms with Gasteiger partial charge in [-0.2, -0.15) is 0 Å². The van der Waals surface area contributed by atoms with Crippen LogP contribution in [0.15, 0.2) is 71.8 Å². The van der Waals surface area contributed by atoms with Gasteiger partial charge in [-0.05, 0) is 54.9 Å². The van der Waals surface area contributed by atoms with E-state index in [0.29, 0.717) is 13.2 Å². The summed E-state index contributed by atoms with van der Waals surface area (Å²) >= 11 is 1.68. The quantitative estimate of drug-likeness (QED) is 0.628. The van der Waals surface area contributed by atoms with Crippen LogP contribution in [0.2, 0.25) is 0 Å². The second-order valence-corrected chi connectivity index (χ2v) is 7.18. The highest BCUT2D eigenvalue weighted by Gasteiger charge is 2.12. The number of allylic oxidation sites excluding steroid dienone is 1. The zero-order valence-electron chi connectivity index (χ0n) is 15.7. The van der Waals surface area contributed by atoms with Crippen molar-refractivity contribution in [2.75, 3.05) is 38.2 Å². The van der Waals surface area contributed by atoms with Gasteiger partial charge >= 0.3 is 0 Å². The number of methoxy groups -OCH3 is 1. The van der Waals surface area contributed by atoms with E-state index in [9.17, 15) is 5.11 Å². The Hall–Kier alpha value is -1.95. The number of rotatable bonds is 10. The highest BCUT2D eigenvalue weighted by molar-refractivity contribution is 8.00. The van der Waals surface area contributed by atoms with Crippen LogP contribution in [-0.4, -0.2) is 43.9 Å². The monoisotopic (exact) mass is 372 g/mol. The van der Waals surface area contributed by atoms with Gasteiger partial charge in [0.25, 0.3) is 0 Å². The number of anilines is 1. The third kappa shape index (κ3) is 6.41. The van der Waals surface area contributed by atoms with E-state index in [2.05, 4.69) is 21.3 Å². The van der Waals surface area contributed by atoms with Crippen molar-refractivity contribution in [3.8, 4) is 0 Å². The second-order valence-electron chi connectivity index (χ2n) is 5.98. The number of benzene rings is 2. The molecule has 0 aromatic heterocycles. The Labute approximate surface area is 161 Å². The molecule has 2 rings (SSSR count). The van der Waals surface area contributed by atoms with Gasteiger partial charge in [-0.25, -0.2) is 0 Å². The van der Waals surface area contributed by atoms with Crippen molar-refractivity contribution in [2.45, 2.75) is 17.9 Å². The standard InChI is InChI=1S/C21H28N2O2S/c1-4-14-23(15-16-25-3)17-21(24)18-10-12-19(13-11-18)22(2)26-20-8-6-5-7-9-20/h4-14,21,24H,15-17H2,1-3H3/b14-4-. The van der Waals surface area contributed by atoms with Gasteiger partial charge in [-0.3, -0.25) is 0 Å². The van der Waals surface area contributed by atoms with Crippen LogP contribution in [0.25, 0.3) is 0 Å². The molecule has 0 spiro atoms. The lowest BCUT2D eigenvalue weighted by Gasteiger charge is -2.24. The van der Waals surface area contributed by atoms with Crippen LogP contribution in [0.3, 0.4) is 0 Å². The molecule has 2 aromatic rings. The maximum atomic E-state index is 10.5. The van der Waals surface area contributed by atoms with E-state index in [4.69, 9.17) is 4.74 Å². The molecule has 5 heteroatoms. The fraction of sp³-hybridized carbons (Fsp3) is 0.333. The molecule has 0 aliphatic carbocycles. The Morgan fingerprint density at radius 1 is 1.12 bits per heavy atom. The van der Waals surface area contributed by atoms with Gasteiger partial charge in [-0.1, -0.05) is 36.4 Å². The summed E-state index contributed by atoms with van der Waals surface area (Å²) < 4.78 is 7.25. The third-order valence-electron chi connectivity index (χ3n) is 3.98. The zero-order chi connectivity index (χ0) is 18.8. The molecule has 0 bridgehead atoms. The van der Waals surface area contributed by atoms with E-state index in [0.717, 1.165) is 17.8 Å². The number of aliphatic hydroxyl groups is 1. The highest BCUT2D eigenvalue weighted by Crippen LogP contribution is 2.28. The zero-order valence-corrected chi connectivity index (χ0v) is 16.5. The van der Waals surface area contributed by atoms with Crippen molar-refractivity contribution >= 4 is 17.6 Å². The molecule has 1 atom stereocenters. The summed E-state index contributed by atoms with van der Waals surface area (Å²) in [5.74, 6) is 0. The Kier molecular flexibility index (Phi) is 8.54.